The Morgan fingerprint density at radius 2 is 1.83 bits per heavy atom. The molecule has 3 aromatic carbocycles. The molecular formula is C19H14N2O2. The maximum atomic E-state index is 11.6. The molecule has 0 saturated carbocycles. The lowest BCUT2D eigenvalue weighted by Gasteiger charge is -2.00. The van der Waals surface area contributed by atoms with Crippen LogP contribution in [-0.2, 0) is 0 Å². The topological polar surface area (TPSA) is 66.0 Å². The number of carbonyl (C=O) groups is 1. The van der Waals surface area contributed by atoms with Gasteiger partial charge in [-0.25, -0.2) is 4.98 Å². The Kier molecular flexibility index (Phi) is 3.17. The van der Waals surface area contributed by atoms with Crippen molar-refractivity contribution in [2.45, 2.75) is 0 Å². The molecule has 0 saturated heterocycles. The largest absolute Gasteiger partial charge is 0.388 e. The molecule has 112 valence electrons. The molecular weight excluding hydrogens is 288 g/mol. The van der Waals surface area contributed by atoms with Gasteiger partial charge in [-0.15, -0.1) is 0 Å². The number of aromatic nitrogens is 2. The number of aliphatic hydroxyl groups excluding tert-OH is 1. The van der Waals surface area contributed by atoms with E-state index in [1.807, 2.05) is 18.2 Å². The van der Waals surface area contributed by atoms with Crippen molar-refractivity contribution >= 4 is 27.6 Å². The average Bonchev–Trinajstić information content (AvgIpc) is 3.03. The minimum absolute atomic E-state index is 0.297. The van der Waals surface area contributed by atoms with Gasteiger partial charge in [-0.05, 0) is 35.0 Å². The number of aliphatic hydroxyl groups is 1. The van der Waals surface area contributed by atoms with Gasteiger partial charge in [0.25, 0.3) is 0 Å². The summed E-state index contributed by atoms with van der Waals surface area (Å²) in [6, 6.07) is 19.6. The summed E-state index contributed by atoms with van der Waals surface area (Å²) in [5.41, 5.74) is 3.05. The molecule has 4 rings (SSSR count). The second-order valence-corrected chi connectivity index (χ2v) is 5.46. The van der Waals surface area contributed by atoms with E-state index in [9.17, 15) is 4.79 Å². The van der Waals surface area contributed by atoms with E-state index >= 15 is 0 Å². The Labute approximate surface area is 132 Å². The second-order valence-electron chi connectivity index (χ2n) is 5.46. The van der Waals surface area contributed by atoms with Crippen LogP contribution in [0.3, 0.4) is 0 Å². The molecule has 0 spiro atoms. The first-order valence-electron chi connectivity index (χ1n) is 7.37. The summed E-state index contributed by atoms with van der Waals surface area (Å²) >= 11 is 0. The first-order chi connectivity index (χ1) is 11.2. The van der Waals surface area contributed by atoms with Crippen LogP contribution in [0.15, 0.2) is 60.7 Å². The van der Waals surface area contributed by atoms with E-state index in [2.05, 4.69) is 34.2 Å². The number of H-pyrrole nitrogens is 1. The van der Waals surface area contributed by atoms with Gasteiger partial charge in [-0.1, -0.05) is 36.4 Å². The van der Waals surface area contributed by atoms with Crippen molar-refractivity contribution in [1.82, 2.24) is 9.97 Å². The number of aromatic amines is 1. The zero-order valence-electron chi connectivity index (χ0n) is 12.3. The summed E-state index contributed by atoms with van der Waals surface area (Å²) in [5, 5.41) is 11.3. The van der Waals surface area contributed by atoms with Gasteiger partial charge < -0.3 is 10.1 Å². The number of fused-ring (bicyclic) bond motifs is 2. The molecule has 4 aromatic rings. The van der Waals surface area contributed by atoms with Crippen LogP contribution in [0.25, 0.3) is 33.2 Å². The molecule has 1 aromatic heterocycles. The van der Waals surface area contributed by atoms with Gasteiger partial charge in [0.2, 0.25) is 0 Å². The van der Waals surface area contributed by atoms with Gasteiger partial charge in [0.15, 0.2) is 5.78 Å². The summed E-state index contributed by atoms with van der Waals surface area (Å²) in [5.74, 6) is 0.466. The zero-order valence-corrected chi connectivity index (χ0v) is 12.3. The van der Waals surface area contributed by atoms with E-state index in [0.29, 0.717) is 5.56 Å². The summed E-state index contributed by atoms with van der Waals surface area (Å²) in [7, 11) is 0. The van der Waals surface area contributed by atoms with Gasteiger partial charge >= 0.3 is 0 Å². The monoisotopic (exact) mass is 302 g/mol. The lowest BCUT2D eigenvalue weighted by atomic mass is 10.1. The molecule has 0 aliphatic rings. The number of hydrogen-bond acceptors (Lipinski definition) is 3. The molecule has 0 radical (unpaired) electrons. The highest BCUT2D eigenvalue weighted by Gasteiger charge is 2.09. The highest BCUT2D eigenvalue weighted by Crippen LogP contribution is 2.25. The Morgan fingerprint density at radius 1 is 1.00 bits per heavy atom. The number of imidazole rings is 1. The molecule has 0 amide bonds. The molecule has 0 fully saturated rings. The first kappa shape index (κ1) is 13.7. The first-order valence-corrected chi connectivity index (χ1v) is 7.37. The SMILES string of the molecule is O=C(CO)c1ccc2nc(-c3ccc4ccccc4c3)[nH]c2c1. The third-order valence-corrected chi connectivity index (χ3v) is 3.97. The van der Waals surface area contributed by atoms with Crippen LogP contribution < -0.4 is 0 Å². The smallest absolute Gasteiger partial charge is 0.188 e. The van der Waals surface area contributed by atoms with Gasteiger partial charge in [-0.3, -0.25) is 4.79 Å². The van der Waals surface area contributed by atoms with Crippen molar-refractivity contribution in [3.63, 3.8) is 0 Å². The number of carbonyl (C=O) groups excluding carboxylic acids is 1. The minimum atomic E-state index is -0.489. The summed E-state index contributed by atoms with van der Waals surface area (Å²) in [6.45, 7) is -0.489. The fraction of sp³-hybridized carbons (Fsp3) is 0.0526. The van der Waals surface area contributed by atoms with Crippen molar-refractivity contribution in [1.29, 1.82) is 0 Å². The fourth-order valence-electron chi connectivity index (χ4n) is 2.75. The Hall–Kier alpha value is -2.98. The Bertz CT molecular complexity index is 1030. The number of Topliss-reactive ketones (excluding diaryl/α,β-unsaturated/α-hetero) is 1. The number of rotatable bonds is 3. The number of nitrogens with one attached hydrogen (secondary N) is 1. The van der Waals surface area contributed by atoms with Crippen molar-refractivity contribution in [3.8, 4) is 11.4 Å². The second kappa shape index (κ2) is 5.34. The summed E-state index contributed by atoms with van der Waals surface area (Å²) < 4.78 is 0. The number of nitrogens with zero attached hydrogens (tertiary/aromatic N) is 1. The predicted molar refractivity (Wildman–Crippen MR) is 90.5 cm³/mol. The van der Waals surface area contributed by atoms with E-state index in [-0.39, 0.29) is 5.78 Å². The van der Waals surface area contributed by atoms with E-state index in [4.69, 9.17) is 5.11 Å². The van der Waals surface area contributed by atoms with Crippen LogP contribution in [0.5, 0.6) is 0 Å². The van der Waals surface area contributed by atoms with Crippen molar-refractivity contribution in [2.75, 3.05) is 6.61 Å². The van der Waals surface area contributed by atoms with E-state index in [0.717, 1.165) is 27.8 Å². The normalized spacial score (nSPS) is 11.2. The van der Waals surface area contributed by atoms with Crippen LogP contribution in [0.4, 0.5) is 0 Å². The molecule has 0 atom stereocenters. The fourth-order valence-corrected chi connectivity index (χ4v) is 2.75. The van der Waals surface area contributed by atoms with Crippen LogP contribution in [-0.4, -0.2) is 27.5 Å². The molecule has 0 bridgehead atoms. The van der Waals surface area contributed by atoms with Gasteiger partial charge in [0.1, 0.15) is 12.4 Å². The molecule has 0 unspecified atom stereocenters. The van der Waals surface area contributed by atoms with Gasteiger partial charge in [0, 0.05) is 11.1 Å². The third kappa shape index (κ3) is 2.39. The molecule has 0 aliphatic carbocycles. The van der Waals surface area contributed by atoms with E-state index in [1.165, 1.54) is 5.39 Å². The average molecular weight is 302 g/mol. The lowest BCUT2D eigenvalue weighted by molar-refractivity contribution is 0.0904. The molecule has 0 aliphatic heterocycles. The lowest BCUT2D eigenvalue weighted by Crippen LogP contribution is -2.03. The third-order valence-electron chi connectivity index (χ3n) is 3.97. The van der Waals surface area contributed by atoms with Crippen molar-refractivity contribution < 1.29 is 9.90 Å². The predicted octanol–water partition coefficient (Wildman–Crippen LogP) is 3.56. The zero-order chi connectivity index (χ0) is 15.8. The number of ketones is 1. The maximum Gasteiger partial charge on any atom is 0.188 e. The summed E-state index contributed by atoms with van der Waals surface area (Å²) in [6.07, 6.45) is 0. The molecule has 4 heteroatoms. The standard InChI is InChI=1S/C19H14N2O2/c22-11-18(23)14-7-8-16-17(10-14)21-19(20-16)15-6-5-12-3-1-2-4-13(12)9-15/h1-10,22H,11H2,(H,20,21). The number of benzene rings is 3. The van der Waals surface area contributed by atoms with Crippen molar-refractivity contribution in [2.24, 2.45) is 0 Å². The molecule has 4 nitrogen and oxygen atoms in total. The van der Waals surface area contributed by atoms with Crippen molar-refractivity contribution in [3.05, 3.63) is 66.2 Å². The van der Waals surface area contributed by atoms with E-state index in [1.54, 1.807) is 18.2 Å². The van der Waals surface area contributed by atoms with Gasteiger partial charge in [0.05, 0.1) is 11.0 Å². The minimum Gasteiger partial charge on any atom is -0.388 e. The molecule has 23 heavy (non-hydrogen) atoms. The maximum absolute atomic E-state index is 11.6. The quantitative estimate of drug-likeness (QED) is 0.569. The highest BCUT2D eigenvalue weighted by molar-refractivity contribution is 6.00. The highest BCUT2D eigenvalue weighted by atomic mass is 16.3. The van der Waals surface area contributed by atoms with Crippen LogP contribution in [0.1, 0.15) is 10.4 Å². The number of hydrogen-bond donors (Lipinski definition) is 2. The molecule has 1 heterocycles. The van der Waals surface area contributed by atoms with Crippen LogP contribution >= 0.6 is 0 Å². The van der Waals surface area contributed by atoms with Gasteiger partial charge in [-0.2, -0.15) is 0 Å². The van der Waals surface area contributed by atoms with Crippen LogP contribution in [0.2, 0.25) is 0 Å². The Morgan fingerprint density at radius 3 is 2.65 bits per heavy atom. The summed E-state index contributed by atoms with van der Waals surface area (Å²) in [4.78, 5) is 19.4. The molecule has 2 N–H and O–H groups in total. The Balaban J connectivity index is 1.82. The van der Waals surface area contributed by atoms with Crippen LogP contribution in [0, 0.1) is 0 Å². The van der Waals surface area contributed by atoms with E-state index < -0.39 is 6.61 Å².